The van der Waals surface area contributed by atoms with Gasteiger partial charge in [0.25, 0.3) is 0 Å². The first-order valence-corrected chi connectivity index (χ1v) is 5.14. The minimum atomic E-state index is 0.457. The van der Waals surface area contributed by atoms with E-state index in [1.54, 1.807) is 0 Å². The van der Waals surface area contributed by atoms with Crippen molar-refractivity contribution in [2.75, 3.05) is 5.73 Å². The molecule has 0 saturated heterocycles. The molecule has 2 aromatic carbocycles. The highest BCUT2D eigenvalue weighted by atomic mass is 15.0. The molecule has 3 aromatic rings. The third-order valence-electron chi connectivity index (χ3n) is 2.62. The molecular weight excluding hydrogens is 198 g/mol. The lowest BCUT2D eigenvalue weighted by molar-refractivity contribution is 1.35. The molecule has 1 aromatic heterocycles. The molecule has 3 heteroatoms. The summed E-state index contributed by atoms with van der Waals surface area (Å²) in [7, 11) is 0. The zero-order chi connectivity index (χ0) is 11.0. The monoisotopic (exact) mass is 209 g/mol. The number of aromatic nitrogens is 2. The van der Waals surface area contributed by atoms with Crippen molar-refractivity contribution in [3.63, 3.8) is 0 Å². The fourth-order valence-corrected chi connectivity index (χ4v) is 1.91. The lowest BCUT2D eigenvalue weighted by Crippen LogP contribution is -1.84. The molecule has 0 amide bonds. The van der Waals surface area contributed by atoms with Crippen molar-refractivity contribution in [1.82, 2.24) is 9.97 Å². The number of hydrogen-bond donors (Lipinski definition) is 2. The Morgan fingerprint density at radius 3 is 2.56 bits per heavy atom. The van der Waals surface area contributed by atoms with Gasteiger partial charge in [-0.2, -0.15) is 0 Å². The van der Waals surface area contributed by atoms with Crippen molar-refractivity contribution < 1.29 is 0 Å². The first kappa shape index (κ1) is 8.97. The van der Waals surface area contributed by atoms with E-state index in [0.29, 0.717) is 5.95 Å². The summed E-state index contributed by atoms with van der Waals surface area (Å²) < 4.78 is 0. The molecule has 0 bridgehead atoms. The molecule has 0 aliphatic heterocycles. The zero-order valence-electron chi connectivity index (χ0n) is 8.64. The number of rotatable bonds is 1. The number of aromatic amines is 1. The zero-order valence-corrected chi connectivity index (χ0v) is 8.64. The van der Waals surface area contributed by atoms with Gasteiger partial charge in [0.15, 0.2) is 5.95 Å². The van der Waals surface area contributed by atoms with Gasteiger partial charge in [-0.25, -0.2) is 4.98 Å². The Labute approximate surface area is 92.9 Å². The number of nitrogens with one attached hydrogen (secondary N) is 1. The van der Waals surface area contributed by atoms with Crippen LogP contribution in [0.4, 0.5) is 5.95 Å². The molecule has 0 aliphatic carbocycles. The fraction of sp³-hybridized carbons (Fsp3) is 0. The van der Waals surface area contributed by atoms with Crippen LogP contribution in [-0.2, 0) is 0 Å². The highest BCUT2D eigenvalue weighted by Gasteiger charge is 2.06. The first-order valence-electron chi connectivity index (χ1n) is 5.14. The Bertz CT molecular complexity index is 626. The molecule has 3 rings (SSSR count). The summed E-state index contributed by atoms with van der Waals surface area (Å²) >= 11 is 0. The number of benzene rings is 2. The summed E-state index contributed by atoms with van der Waals surface area (Å²) in [6, 6.07) is 16.2. The molecule has 3 nitrogen and oxygen atoms in total. The van der Waals surface area contributed by atoms with Gasteiger partial charge in [-0.1, -0.05) is 42.5 Å². The van der Waals surface area contributed by atoms with Gasteiger partial charge in [0, 0.05) is 5.56 Å². The average Bonchev–Trinajstić information content (AvgIpc) is 2.70. The van der Waals surface area contributed by atoms with Crippen LogP contribution in [0.3, 0.4) is 0 Å². The quantitative estimate of drug-likeness (QED) is 0.647. The summed E-state index contributed by atoms with van der Waals surface area (Å²) in [4.78, 5) is 7.31. The number of imidazole rings is 1. The molecule has 78 valence electrons. The van der Waals surface area contributed by atoms with Crippen molar-refractivity contribution in [2.24, 2.45) is 0 Å². The Morgan fingerprint density at radius 1 is 0.938 bits per heavy atom. The van der Waals surface area contributed by atoms with Crippen LogP contribution in [0.2, 0.25) is 0 Å². The van der Waals surface area contributed by atoms with Crippen LogP contribution in [0.1, 0.15) is 0 Å². The summed E-state index contributed by atoms with van der Waals surface area (Å²) in [5.74, 6) is 0.457. The predicted molar refractivity (Wildman–Crippen MR) is 65.9 cm³/mol. The van der Waals surface area contributed by atoms with Crippen LogP contribution in [-0.4, -0.2) is 9.97 Å². The molecule has 1 heterocycles. The van der Waals surface area contributed by atoms with E-state index in [-0.39, 0.29) is 0 Å². The van der Waals surface area contributed by atoms with E-state index in [1.807, 2.05) is 30.3 Å². The van der Waals surface area contributed by atoms with Crippen LogP contribution >= 0.6 is 0 Å². The predicted octanol–water partition coefficient (Wildman–Crippen LogP) is 2.81. The number of para-hydroxylation sites is 1. The number of fused-ring (bicyclic) bond motifs is 1. The number of H-pyrrole nitrogens is 1. The minimum absolute atomic E-state index is 0.457. The number of hydrogen-bond acceptors (Lipinski definition) is 2. The summed E-state index contributed by atoms with van der Waals surface area (Å²) in [6.45, 7) is 0. The largest absolute Gasteiger partial charge is 0.369 e. The van der Waals surface area contributed by atoms with E-state index in [1.165, 1.54) is 0 Å². The molecule has 16 heavy (non-hydrogen) atoms. The molecule has 0 spiro atoms. The Morgan fingerprint density at radius 2 is 1.75 bits per heavy atom. The highest BCUT2D eigenvalue weighted by molar-refractivity contribution is 5.92. The number of nitrogens with two attached hydrogens (primary N) is 1. The first-order chi connectivity index (χ1) is 7.84. The number of nitrogens with zero attached hydrogens (tertiary/aromatic N) is 1. The number of anilines is 1. The van der Waals surface area contributed by atoms with Gasteiger partial charge in [-0.15, -0.1) is 0 Å². The highest BCUT2D eigenvalue weighted by Crippen LogP contribution is 2.27. The fourth-order valence-electron chi connectivity index (χ4n) is 1.91. The molecule has 0 atom stereocenters. The van der Waals surface area contributed by atoms with E-state index >= 15 is 0 Å². The maximum Gasteiger partial charge on any atom is 0.198 e. The van der Waals surface area contributed by atoms with E-state index in [2.05, 4.69) is 28.2 Å². The second kappa shape index (κ2) is 3.38. The standard InChI is InChI=1S/C13H11N3/c14-13-15-11-8-4-7-10(12(11)16-13)9-5-2-1-3-6-9/h1-8H,(H3,14,15,16). The van der Waals surface area contributed by atoms with Crippen molar-refractivity contribution in [3.05, 3.63) is 48.5 Å². The molecule has 0 radical (unpaired) electrons. The molecule has 0 saturated carbocycles. The number of nitrogen functional groups attached to an aromatic ring is 1. The van der Waals surface area contributed by atoms with E-state index in [0.717, 1.165) is 22.2 Å². The summed E-state index contributed by atoms with van der Waals surface area (Å²) in [5.41, 5.74) is 9.86. The van der Waals surface area contributed by atoms with Crippen molar-refractivity contribution >= 4 is 17.0 Å². The minimum Gasteiger partial charge on any atom is -0.369 e. The third kappa shape index (κ3) is 1.34. The van der Waals surface area contributed by atoms with Crippen LogP contribution < -0.4 is 5.73 Å². The Hall–Kier alpha value is -2.29. The van der Waals surface area contributed by atoms with Crippen LogP contribution in [0.15, 0.2) is 48.5 Å². The second-order valence-electron chi connectivity index (χ2n) is 3.69. The Balaban J connectivity index is 2.31. The normalized spacial score (nSPS) is 10.8. The average molecular weight is 209 g/mol. The molecular formula is C13H11N3. The lowest BCUT2D eigenvalue weighted by Gasteiger charge is -2.01. The third-order valence-corrected chi connectivity index (χ3v) is 2.62. The van der Waals surface area contributed by atoms with Crippen molar-refractivity contribution in [2.45, 2.75) is 0 Å². The maximum absolute atomic E-state index is 5.67. The maximum atomic E-state index is 5.67. The van der Waals surface area contributed by atoms with Gasteiger partial charge in [0.2, 0.25) is 0 Å². The van der Waals surface area contributed by atoms with Gasteiger partial charge in [0.05, 0.1) is 11.0 Å². The molecule has 0 unspecified atom stereocenters. The van der Waals surface area contributed by atoms with E-state index < -0.39 is 0 Å². The molecule has 0 fully saturated rings. The Kier molecular flexibility index (Phi) is 1.90. The van der Waals surface area contributed by atoms with Gasteiger partial charge in [-0.3, -0.25) is 0 Å². The van der Waals surface area contributed by atoms with Gasteiger partial charge >= 0.3 is 0 Å². The van der Waals surface area contributed by atoms with Crippen LogP contribution in [0.25, 0.3) is 22.2 Å². The lowest BCUT2D eigenvalue weighted by atomic mass is 10.0. The summed E-state index contributed by atoms with van der Waals surface area (Å²) in [5, 5.41) is 0. The van der Waals surface area contributed by atoms with Crippen LogP contribution in [0.5, 0.6) is 0 Å². The van der Waals surface area contributed by atoms with Crippen molar-refractivity contribution in [3.8, 4) is 11.1 Å². The molecule has 3 N–H and O–H groups in total. The van der Waals surface area contributed by atoms with Gasteiger partial charge in [0.1, 0.15) is 0 Å². The smallest absolute Gasteiger partial charge is 0.198 e. The second-order valence-corrected chi connectivity index (χ2v) is 3.69. The topological polar surface area (TPSA) is 54.7 Å². The van der Waals surface area contributed by atoms with Gasteiger partial charge < -0.3 is 10.7 Å². The summed E-state index contributed by atoms with van der Waals surface area (Å²) in [6.07, 6.45) is 0. The molecule has 0 aliphatic rings. The van der Waals surface area contributed by atoms with Crippen molar-refractivity contribution in [1.29, 1.82) is 0 Å². The SMILES string of the molecule is Nc1nc2cccc(-c3ccccc3)c2[nH]1. The van der Waals surface area contributed by atoms with Crippen LogP contribution in [0, 0.1) is 0 Å². The van der Waals surface area contributed by atoms with E-state index in [9.17, 15) is 0 Å². The van der Waals surface area contributed by atoms with E-state index in [4.69, 9.17) is 5.73 Å². The van der Waals surface area contributed by atoms with Gasteiger partial charge in [-0.05, 0) is 11.6 Å².